The van der Waals surface area contributed by atoms with E-state index in [9.17, 15) is 4.79 Å². The lowest BCUT2D eigenvalue weighted by atomic mass is 9.79. The molecule has 30 heavy (non-hydrogen) atoms. The van der Waals surface area contributed by atoms with Crippen LogP contribution in [0.2, 0.25) is 0 Å². The van der Waals surface area contributed by atoms with E-state index in [4.69, 9.17) is 9.72 Å². The molecule has 1 aliphatic carbocycles. The quantitative estimate of drug-likeness (QED) is 0.789. The Morgan fingerprint density at radius 2 is 1.93 bits per heavy atom. The van der Waals surface area contributed by atoms with E-state index in [0.29, 0.717) is 18.4 Å². The van der Waals surface area contributed by atoms with E-state index in [1.807, 2.05) is 49.7 Å². The fraction of sp³-hybridized carbons (Fsp3) is 0.565. The zero-order chi connectivity index (χ0) is 20.9. The molecule has 0 bridgehead atoms. The third kappa shape index (κ3) is 4.78. The molecule has 160 valence electrons. The predicted molar refractivity (Wildman–Crippen MR) is 116 cm³/mol. The molecule has 4 rings (SSSR count). The highest BCUT2D eigenvalue weighted by Crippen LogP contribution is 2.39. The van der Waals surface area contributed by atoms with Crippen LogP contribution in [0.4, 0.5) is 5.95 Å². The number of ether oxygens (including phenoxy) is 1. The Balaban J connectivity index is 1.42. The predicted octanol–water partition coefficient (Wildman–Crippen LogP) is 3.17. The molecular formula is C23H31N5O2. The van der Waals surface area contributed by atoms with Crippen molar-refractivity contribution in [2.24, 2.45) is 5.92 Å². The van der Waals surface area contributed by atoms with Crippen LogP contribution in [0.15, 0.2) is 30.7 Å². The summed E-state index contributed by atoms with van der Waals surface area (Å²) >= 11 is 0. The first-order valence-corrected chi connectivity index (χ1v) is 11.0. The molecule has 1 atom stereocenters. The maximum atomic E-state index is 12.2. The number of aromatic nitrogens is 3. The molecular weight excluding hydrogens is 378 g/mol. The lowest BCUT2D eigenvalue weighted by Gasteiger charge is -2.30. The van der Waals surface area contributed by atoms with Crippen molar-refractivity contribution < 1.29 is 9.53 Å². The monoisotopic (exact) mass is 409 g/mol. The van der Waals surface area contributed by atoms with Gasteiger partial charge in [-0.3, -0.25) is 9.78 Å². The highest BCUT2D eigenvalue weighted by atomic mass is 16.5. The summed E-state index contributed by atoms with van der Waals surface area (Å²) in [7, 11) is 3.94. The Bertz CT molecular complexity index is 844. The van der Waals surface area contributed by atoms with E-state index < -0.39 is 0 Å². The summed E-state index contributed by atoms with van der Waals surface area (Å²) in [6.45, 7) is 1.45. The molecule has 2 aromatic heterocycles. The van der Waals surface area contributed by atoms with Crippen molar-refractivity contribution in [2.75, 3.05) is 32.1 Å². The van der Waals surface area contributed by atoms with Crippen LogP contribution in [-0.4, -0.2) is 54.2 Å². The molecule has 2 aromatic rings. The van der Waals surface area contributed by atoms with Gasteiger partial charge < -0.3 is 15.0 Å². The number of hydrogen-bond donors (Lipinski definition) is 1. The van der Waals surface area contributed by atoms with E-state index >= 15 is 0 Å². The van der Waals surface area contributed by atoms with Crippen LogP contribution < -0.4 is 10.2 Å². The zero-order valence-corrected chi connectivity index (χ0v) is 17.9. The van der Waals surface area contributed by atoms with E-state index in [1.165, 1.54) is 0 Å². The average molecular weight is 410 g/mol. The minimum Gasteiger partial charge on any atom is -0.368 e. The Morgan fingerprint density at radius 3 is 2.60 bits per heavy atom. The van der Waals surface area contributed by atoms with Crippen molar-refractivity contribution in [1.82, 2.24) is 20.3 Å². The zero-order valence-electron chi connectivity index (χ0n) is 17.9. The Kier molecular flexibility index (Phi) is 6.57. The van der Waals surface area contributed by atoms with Gasteiger partial charge in [-0.15, -0.1) is 0 Å². The lowest BCUT2D eigenvalue weighted by molar-refractivity contribution is -0.130. The molecule has 3 heterocycles. The number of nitrogens with zero attached hydrogens (tertiary/aromatic N) is 4. The van der Waals surface area contributed by atoms with Crippen LogP contribution in [0.5, 0.6) is 0 Å². The number of anilines is 1. The summed E-state index contributed by atoms with van der Waals surface area (Å²) in [6, 6.07) is 4.04. The fourth-order valence-electron chi connectivity index (χ4n) is 4.45. The van der Waals surface area contributed by atoms with Crippen molar-refractivity contribution in [1.29, 1.82) is 0 Å². The highest BCUT2D eigenvalue weighted by molar-refractivity contribution is 5.80. The van der Waals surface area contributed by atoms with Crippen LogP contribution in [0.25, 0.3) is 11.1 Å². The fourth-order valence-corrected chi connectivity index (χ4v) is 4.45. The highest BCUT2D eigenvalue weighted by Gasteiger charge is 2.28. The van der Waals surface area contributed by atoms with Gasteiger partial charge in [0, 0.05) is 57.3 Å². The second kappa shape index (κ2) is 9.51. The molecule has 1 N–H and O–H groups in total. The van der Waals surface area contributed by atoms with Crippen molar-refractivity contribution in [3.05, 3.63) is 36.4 Å². The van der Waals surface area contributed by atoms with Gasteiger partial charge in [0.2, 0.25) is 11.9 Å². The number of pyridine rings is 1. The maximum Gasteiger partial charge on any atom is 0.249 e. The summed E-state index contributed by atoms with van der Waals surface area (Å²) in [6.07, 6.45) is 11.5. The summed E-state index contributed by atoms with van der Waals surface area (Å²) < 4.78 is 5.48. The summed E-state index contributed by atoms with van der Waals surface area (Å²) in [5.74, 6) is 1.72. The Hall–Kier alpha value is -2.54. The maximum absolute atomic E-state index is 12.2. The van der Waals surface area contributed by atoms with E-state index in [-0.39, 0.29) is 12.0 Å². The molecule has 2 aliphatic rings. The van der Waals surface area contributed by atoms with Crippen LogP contribution in [-0.2, 0) is 9.53 Å². The van der Waals surface area contributed by atoms with Gasteiger partial charge >= 0.3 is 0 Å². The van der Waals surface area contributed by atoms with Crippen LogP contribution in [0.3, 0.4) is 0 Å². The summed E-state index contributed by atoms with van der Waals surface area (Å²) in [5, 5.41) is 3.11. The van der Waals surface area contributed by atoms with Gasteiger partial charge in [-0.1, -0.05) is 0 Å². The first-order chi connectivity index (χ1) is 14.6. The van der Waals surface area contributed by atoms with Crippen molar-refractivity contribution >= 4 is 11.9 Å². The van der Waals surface area contributed by atoms with Crippen molar-refractivity contribution in [3.63, 3.8) is 0 Å². The molecule has 0 aromatic carbocycles. The largest absolute Gasteiger partial charge is 0.368 e. The Labute approximate surface area is 178 Å². The molecule has 7 heteroatoms. The van der Waals surface area contributed by atoms with E-state index in [1.54, 1.807) is 0 Å². The molecule has 1 aliphatic heterocycles. The second-order valence-corrected chi connectivity index (χ2v) is 8.56. The van der Waals surface area contributed by atoms with Gasteiger partial charge in [-0.2, -0.15) is 0 Å². The molecule has 0 spiro atoms. The molecule has 7 nitrogen and oxygen atoms in total. The van der Waals surface area contributed by atoms with Gasteiger partial charge in [0.05, 0.1) is 5.69 Å². The standard InChI is InChI=1S/C23H31N5O2/c1-28(2)23-26-15-19(17-9-11-24-12-10-17)21(27-23)18-7-5-16(6-8-18)14-25-22(29)20-4-3-13-30-20/h9-12,15-16,18,20H,3-8,13-14H2,1-2H3,(H,25,29). The average Bonchev–Trinajstić information content (AvgIpc) is 3.33. The molecule has 1 unspecified atom stereocenters. The van der Waals surface area contributed by atoms with E-state index in [2.05, 4.69) is 15.3 Å². The minimum atomic E-state index is -0.241. The molecule has 0 radical (unpaired) electrons. The van der Waals surface area contributed by atoms with Crippen LogP contribution in [0, 0.1) is 5.92 Å². The topological polar surface area (TPSA) is 80.2 Å². The first kappa shape index (κ1) is 20.7. The first-order valence-electron chi connectivity index (χ1n) is 11.0. The number of hydrogen-bond acceptors (Lipinski definition) is 6. The van der Waals surface area contributed by atoms with E-state index in [0.717, 1.165) is 67.8 Å². The number of carbonyl (C=O) groups is 1. The van der Waals surface area contributed by atoms with Crippen molar-refractivity contribution in [2.45, 2.75) is 50.5 Å². The smallest absolute Gasteiger partial charge is 0.249 e. The van der Waals surface area contributed by atoms with Crippen LogP contribution in [0.1, 0.15) is 50.1 Å². The number of carbonyl (C=O) groups excluding carboxylic acids is 1. The SMILES string of the molecule is CN(C)c1ncc(-c2ccncc2)c(C2CCC(CNC(=O)C3CCCO3)CC2)n1. The molecule has 1 saturated heterocycles. The Morgan fingerprint density at radius 1 is 1.17 bits per heavy atom. The normalized spacial score (nSPS) is 23.9. The molecule has 2 fully saturated rings. The third-order valence-electron chi connectivity index (χ3n) is 6.22. The third-order valence-corrected chi connectivity index (χ3v) is 6.22. The van der Waals surface area contributed by atoms with Gasteiger partial charge in [0.1, 0.15) is 6.10 Å². The minimum absolute atomic E-state index is 0.0565. The number of amides is 1. The number of rotatable bonds is 6. The molecule has 1 amide bonds. The van der Waals surface area contributed by atoms with Crippen LogP contribution >= 0.6 is 0 Å². The van der Waals surface area contributed by atoms with Gasteiger partial charge in [0.15, 0.2) is 0 Å². The summed E-state index contributed by atoms with van der Waals surface area (Å²) in [4.78, 5) is 27.8. The number of nitrogens with one attached hydrogen (secondary N) is 1. The van der Waals surface area contributed by atoms with Gasteiger partial charge in [0.25, 0.3) is 0 Å². The van der Waals surface area contributed by atoms with Gasteiger partial charge in [-0.05, 0) is 62.1 Å². The molecule has 1 saturated carbocycles. The van der Waals surface area contributed by atoms with Gasteiger partial charge in [-0.25, -0.2) is 9.97 Å². The lowest BCUT2D eigenvalue weighted by Crippen LogP contribution is -2.37. The second-order valence-electron chi connectivity index (χ2n) is 8.56. The summed E-state index contributed by atoms with van der Waals surface area (Å²) in [5.41, 5.74) is 3.33. The van der Waals surface area contributed by atoms with Crippen molar-refractivity contribution in [3.8, 4) is 11.1 Å².